The molecule has 4 amide bonds. The Bertz CT molecular complexity index is 1320. The molecule has 1 aliphatic heterocycles. The number of likely N-dealkylation sites (N-methyl/N-ethyl adjacent to an activating group) is 1. The fourth-order valence-electron chi connectivity index (χ4n) is 4.65. The molecule has 322 valence electrons. The van der Waals surface area contributed by atoms with Gasteiger partial charge in [0.2, 0.25) is 5.91 Å². The largest absolute Gasteiger partial charge is 0.444 e. The lowest BCUT2D eigenvalue weighted by Crippen LogP contribution is -2.43. The normalized spacial score (nSPS) is 14.7. The Kier molecular flexibility index (Phi) is 26.9. The molecule has 1 aliphatic carbocycles. The molecular formula is C39H69N5O12. The van der Waals surface area contributed by atoms with Crippen molar-refractivity contribution in [3.63, 3.8) is 0 Å². The number of hydrogen-bond donors (Lipinski definition) is 0. The molecule has 0 radical (unpaired) electrons. The quantitative estimate of drug-likeness (QED) is 0.234. The van der Waals surface area contributed by atoms with E-state index in [2.05, 4.69) is 5.10 Å². The molecule has 1 heterocycles. The number of ether oxygens (including phenoxy) is 3. The maximum Gasteiger partial charge on any atom is 0.410 e. The van der Waals surface area contributed by atoms with E-state index >= 15 is 0 Å². The molecule has 0 aromatic rings. The fraction of sp³-hybridized carbons (Fsp3) is 0.795. The van der Waals surface area contributed by atoms with E-state index in [-0.39, 0.29) is 41.7 Å². The summed E-state index contributed by atoms with van der Waals surface area (Å²) in [6, 6.07) is -0.669. The van der Waals surface area contributed by atoms with Gasteiger partial charge in [0.1, 0.15) is 16.8 Å². The highest BCUT2D eigenvalue weighted by molar-refractivity contribution is 6.08. The van der Waals surface area contributed by atoms with Crippen molar-refractivity contribution in [2.75, 3.05) is 34.2 Å². The minimum Gasteiger partial charge on any atom is -0.444 e. The lowest BCUT2D eigenvalue weighted by atomic mass is 10.1. The zero-order chi connectivity index (χ0) is 44.6. The first-order valence-corrected chi connectivity index (χ1v) is 18.8. The lowest BCUT2D eigenvalue weighted by molar-refractivity contribution is -0.193. The molecule has 2 aliphatic rings. The van der Waals surface area contributed by atoms with Crippen molar-refractivity contribution >= 4 is 48.0 Å². The monoisotopic (exact) mass is 799 g/mol. The number of nitrogens with zero attached hydrogens (tertiary/aromatic N) is 5. The van der Waals surface area contributed by atoms with E-state index in [1.807, 2.05) is 62.3 Å². The summed E-state index contributed by atoms with van der Waals surface area (Å²) in [7, 11) is 4.99. The van der Waals surface area contributed by atoms with Crippen molar-refractivity contribution in [2.45, 2.75) is 164 Å². The van der Waals surface area contributed by atoms with Crippen LogP contribution in [0.5, 0.6) is 0 Å². The summed E-state index contributed by atoms with van der Waals surface area (Å²) >= 11 is 0. The van der Waals surface area contributed by atoms with Gasteiger partial charge in [-0.15, -0.1) is 0 Å². The summed E-state index contributed by atoms with van der Waals surface area (Å²) in [5, 5.41) is 6.09. The average Bonchev–Trinajstić information content (AvgIpc) is 3.71. The van der Waals surface area contributed by atoms with E-state index in [9.17, 15) is 24.0 Å². The van der Waals surface area contributed by atoms with Crippen molar-refractivity contribution in [3.05, 3.63) is 0 Å². The van der Waals surface area contributed by atoms with Crippen LogP contribution in [-0.2, 0) is 43.0 Å². The summed E-state index contributed by atoms with van der Waals surface area (Å²) in [6.45, 7) is 25.3. The van der Waals surface area contributed by atoms with Gasteiger partial charge in [-0.05, 0) is 108 Å². The predicted molar refractivity (Wildman–Crippen MR) is 207 cm³/mol. The Labute approximate surface area is 333 Å². The second-order valence-corrected chi connectivity index (χ2v) is 16.3. The van der Waals surface area contributed by atoms with E-state index in [4.69, 9.17) is 33.4 Å². The van der Waals surface area contributed by atoms with Gasteiger partial charge in [0.05, 0.1) is 24.2 Å². The van der Waals surface area contributed by atoms with E-state index in [0.29, 0.717) is 31.8 Å². The second kappa shape index (κ2) is 27.1. The third-order valence-electron chi connectivity index (χ3n) is 7.92. The van der Waals surface area contributed by atoms with E-state index in [1.165, 1.54) is 40.4 Å². The highest BCUT2D eigenvalue weighted by atomic mass is 16.6. The van der Waals surface area contributed by atoms with Gasteiger partial charge in [-0.2, -0.15) is 24.3 Å². The number of carbonyl (C=O) groups is 5. The van der Waals surface area contributed by atoms with Crippen LogP contribution in [0.4, 0.5) is 14.4 Å². The molecule has 0 N–H and O–H groups in total. The summed E-state index contributed by atoms with van der Waals surface area (Å²) in [5.41, 5.74) is -0.715. The number of ketones is 1. The van der Waals surface area contributed by atoms with Gasteiger partial charge in [-0.25, -0.2) is 19.4 Å². The van der Waals surface area contributed by atoms with Crippen LogP contribution in [0, 0.1) is 5.92 Å². The number of carbonyl (C=O) groups excluding carboxylic acids is 9. The summed E-state index contributed by atoms with van der Waals surface area (Å²) in [6.07, 6.45) is 5.84. The minimum absolute atomic E-state index is 0.0383. The topological polar surface area (TPSA) is 207 Å². The molecule has 2 atom stereocenters. The average molecular weight is 800 g/mol. The van der Waals surface area contributed by atoms with Crippen LogP contribution in [0.3, 0.4) is 0 Å². The zero-order valence-corrected chi connectivity index (χ0v) is 36.7. The molecule has 0 bridgehead atoms. The van der Waals surface area contributed by atoms with Gasteiger partial charge in [-0.3, -0.25) is 9.59 Å². The van der Waals surface area contributed by atoms with Crippen LogP contribution in [0.25, 0.3) is 0 Å². The highest BCUT2D eigenvalue weighted by Crippen LogP contribution is 2.27. The van der Waals surface area contributed by atoms with Crippen LogP contribution in [0.15, 0.2) is 5.10 Å². The Balaban J connectivity index is -0.000000742. The molecule has 17 nitrogen and oxygen atoms in total. The first-order chi connectivity index (χ1) is 25.6. The Morgan fingerprint density at radius 1 is 0.750 bits per heavy atom. The molecule has 17 heteroatoms. The second-order valence-electron chi connectivity index (χ2n) is 16.3. The van der Waals surface area contributed by atoms with Gasteiger partial charge < -0.3 is 28.9 Å². The Morgan fingerprint density at radius 3 is 1.52 bits per heavy atom. The van der Waals surface area contributed by atoms with Crippen LogP contribution in [0.2, 0.25) is 0 Å². The highest BCUT2D eigenvalue weighted by Gasteiger charge is 2.33. The van der Waals surface area contributed by atoms with Crippen LogP contribution < -0.4 is 0 Å². The standard InChI is InChI=1S/C17H29N3O3.C12H23NO3.C8H17NO2.2CO2/c1-12(19(5)16(22)23-17(2,3)4)14-10-15(21)20(18-14)11-13-8-6-7-9-13;1-7-8-10(14)9(2)13(6)11(15)16-12(3,4)5;1-6-9(5)7(10)11-8(2,3)4;2*2-1-3/h12-13H,6-11H2,1-5H3;9H,7-8H2,1-6H3;6H2,1-5H3;;. The van der Waals surface area contributed by atoms with Gasteiger partial charge in [0.25, 0.3) is 0 Å². The van der Waals surface area contributed by atoms with Crippen LogP contribution in [-0.4, -0.2) is 131 Å². The van der Waals surface area contributed by atoms with Gasteiger partial charge >= 0.3 is 30.6 Å². The van der Waals surface area contributed by atoms with Crippen molar-refractivity contribution < 1.29 is 57.4 Å². The summed E-state index contributed by atoms with van der Waals surface area (Å²) in [4.78, 5) is 95.6. The molecule has 1 fully saturated rings. The Morgan fingerprint density at radius 2 is 1.14 bits per heavy atom. The first kappa shape index (κ1) is 55.7. The molecule has 2 rings (SSSR count). The van der Waals surface area contributed by atoms with Crippen molar-refractivity contribution in [1.82, 2.24) is 19.7 Å². The molecule has 56 heavy (non-hydrogen) atoms. The number of hydrogen-bond acceptors (Lipinski definition) is 13. The lowest BCUT2D eigenvalue weighted by Gasteiger charge is -2.28. The smallest absolute Gasteiger partial charge is 0.410 e. The minimum atomic E-state index is -0.535. The predicted octanol–water partition coefficient (Wildman–Crippen LogP) is 6.34. The Hall–Kier alpha value is -4.62. The van der Waals surface area contributed by atoms with Gasteiger partial charge in [0.15, 0.2) is 5.78 Å². The first-order valence-electron chi connectivity index (χ1n) is 18.8. The molecule has 0 aromatic carbocycles. The van der Waals surface area contributed by atoms with Crippen molar-refractivity contribution in [3.8, 4) is 0 Å². The maximum atomic E-state index is 12.2. The summed E-state index contributed by atoms with van der Waals surface area (Å²) < 4.78 is 15.6. The SMILES string of the molecule is CC(C1=NN(CC2CCCC2)C(=O)C1)N(C)C(=O)OC(C)(C)C.CCCC(=O)C(C)N(C)C(=O)OC(C)(C)C.CCN(C)C(=O)OC(C)(C)C.O=C=O.O=C=O. The van der Waals surface area contributed by atoms with Crippen molar-refractivity contribution in [2.24, 2.45) is 11.0 Å². The number of rotatable bonds is 9. The fourth-order valence-corrected chi connectivity index (χ4v) is 4.65. The number of hydrazone groups is 1. The van der Waals surface area contributed by atoms with Gasteiger partial charge in [-0.1, -0.05) is 19.8 Å². The van der Waals surface area contributed by atoms with E-state index in [0.717, 1.165) is 12.1 Å². The van der Waals surface area contributed by atoms with Crippen LogP contribution in [0.1, 0.15) is 135 Å². The molecule has 0 saturated heterocycles. The zero-order valence-electron chi connectivity index (χ0n) is 36.7. The molecule has 0 aromatic heterocycles. The van der Waals surface area contributed by atoms with Crippen LogP contribution >= 0.6 is 0 Å². The van der Waals surface area contributed by atoms with Gasteiger partial charge in [0, 0.05) is 40.7 Å². The maximum absolute atomic E-state index is 12.2. The third-order valence-corrected chi connectivity index (χ3v) is 7.92. The molecule has 1 saturated carbocycles. The molecule has 0 spiro atoms. The molecular weight excluding hydrogens is 730 g/mol. The molecule has 2 unspecified atom stereocenters. The number of amides is 4. The summed E-state index contributed by atoms with van der Waals surface area (Å²) in [5.74, 6) is 0.674. The number of Topliss-reactive ketones (excluding diaryl/α,β-unsaturated/α-hetero) is 1. The van der Waals surface area contributed by atoms with E-state index in [1.54, 1.807) is 53.8 Å². The third kappa shape index (κ3) is 26.2. The van der Waals surface area contributed by atoms with Crippen molar-refractivity contribution in [1.29, 1.82) is 0 Å². The van der Waals surface area contributed by atoms with E-state index < -0.39 is 29.4 Å².